The largest absolute Gasteiger partial charge is 0.462 e. The summed E-state index contributed by atoms with van der Waals surface area (Å²) in [7, 11) is 0. The van der Waals surface area contributed by atoms with E-state index in [-0.39, 0.29) is 31.1 Å². The lowest BCUT2D eigenvalue weighted by Crippen LogP contribution is -2.30. The maximum atomic E-state index is 12.7. The molecule has 0 aromatic rings. The molecule has 0 spiro atoms. The van der Waals surface area contributed by atoms with Gasteiger partial charge >= 0.3 is 17.9 Å². The van der Waals surface area contributed by atoms with Crippen molar-refractivity contribution in [2.45, 2.75) is 271 Å². The summed E-state index contributed by atoms with van der Waals surface area (Å²) in [6, 6.07) is 0. The van der Waals surface area contributed by atoms with Gasteiger partial charge in [-0.15, -0.1) is 0 Å². The molecule has 0 heterocycles. The summed E-state index contributed by atoms with van der Waals surface area (Å²) in [5, 5.41) is 0. The van der Waals surface area contributed by atoms with Gasteiger partial charge in [0.15, 0.2) is 6.10 Å². The Hall–Kier alpha value is -2.11. The summed E-state index contributed by atoms with van der Waals surface area (Å²) in [5.74, 6) is -0.878. The van der Waals surface area contributed by atoms with Gasteiger partial charge in [0, 0.05) is 19.3 Å². The summed E-state index contributed by atoms with van der Waals surface area (Å²) in [6.45, 7) is 6.53. The Morgan fingerprint density at radius 3 is 1.05 bits per heavy atom. The molecule has 0 fully saturated rings. The van der Waals surface area contributed by atoms with Crippen LogP contribution in [0.2, 0.25) is 0 Å². The third-order valence-electron chi connectivity index (χ3n) is 11.0. The topological polar surface area (TPSA) is 78.9 Å². The first-order valence-electron chi connectivity index (χ1n) is 24.8. The fourth-order valence-corrected chi connectivity index (χ4v) is 7.25. The van der Waals surface area contributed by atoms with E-state index >= 15 is 0 Å². The lowest BCUT2D eigenvalue weighted by atomic mass is 10.0. The van der Waals surface area contributed by atoms with E-state index in [0.717, 1.165) is 89.9 Å². The average molecular weight is 803 g/mol. The first-order valence-corrected chi connectivity index (χ1v) is 24.8. The molecule has 0 aromatic carbocycles. The highest BCUT2D eigenvalue weighted by Crippen LogP contribution is 2.16. The fourth-order valence-electron chi connectivity index (χ4n) is 7.25. The zero-order chi connectivity index (χ0) is 41.5. The van der Waals surface area contributed by atoms with Crippen LogP contribution in [0.15, 0.2) is 24.3 Å². The van der Waals surface area contributed by atoms with Crippen molar-refractivity contribution in [3.8, 4) is 0 Å². The third-order valence-corrected chi connectivity index (χ3v) is 11.0. The molecule has 0 amide bonds. The highest BCUT2D eigenvalue weighted by molar-refractivity contribution is 5.71. The Morgan fingerprint density at radius 2 is 0.684 bits per heavy atom. The van der Waals surface area contributed by atoms with Crippen LogP contribution in [-0.2, 0) is 28.6 Å². The molecule has 0 N–H and O–H groups in total. The van der Waals surface area contributed by atoms with Gasteiger partial charge in [0.2, 0.25) is 0 Å². The SMILES string of the molecule is CC/C=C\C/C=C\CCCCCCCC(=O)OC(COC(=O)CCCCCCCCCCCC)COC(=O)CCCCCCCCCCCCCCCCCCC. The van der Waals surface area contributed by atoms with Crippen LogP contribution in [0.25, 0.3) is 0 Å². The smallest absolute Gasteiger partial charge is 0.306 e. The number of esters is 3. The molecular weight excluding hydrogens is 709 g/mol. The molecule has 0 saturated heterocycles. The van der Waals surface area contributed by atoms with Crippen molar-refractivity contribution in [2.24, 2.45) is 0 Å². The molecular formula is C51H94O6. The molecule has 57 heavy (non-hydrogen) atoms. The molecule has 0 bridgehead atoms. The van der Waals surface area contributed by atoms with Crippen LogP contribution >= 0.6 is 0 Å². The van der Waals surface area contributed by atoms with E-state index in [9.17, 15) is 14.4 Å². The number of carbonyl (C=O) groups is 3. The Labute approximate surface area is 353 Å². The van der Waals surface area contributed by atoms with Crippen LogP contribution < -0.4 is 0 Å². The maximum Gasteiger partial charge on any atom is 0.306 e. The van der Waals surface area contributed by atoms with Gasteiger partial charge in [-0.05, 0) is 44.9 Å². The van der Waals surface area contributed by atoms with Crippen molar-refractivity contribution < 1.29 is 28.6 Å². The highest BCUT2D eigenvalue weighted by Gasteiger charge is 2.19. The van der Waals surface area contributed by atoms with E-state index in [1.54, 1.807) is 0 Å². The lowest BCUT2D eigenvalue weighted by Gasteiger charge is -2.18. The van der Waals surface area contributed by atoms with E-state index < -0.39 is 6.10 Å². The van der Waals surface area contributed by atoms with E-state index in [1.165, 1.54) is 135 Å². The van der Waals surface area contributed by atoms with Crippen molar-refractivity contribution in [1.29, 1.82) is 0 Å². The molecule has 1 unspecified atom stereocenters. The van der Waals surface area contributed by atoms with Gasteiger partial charge in [0.05, 0.1) is 0 Å². The molecule has 0 aromatic heterocycles. The number of rotatable bonds is 45. The zero-order valence-corrected chi connectivity index (χ0v) is 38.1. The van der Waals surface area contributed by atoms with E-state index in [2.05, 4.69) is 45.1 Å². The van der Waals surface area contributed by atoms with E-state index in [1.807, 2.05) is 0 Å². The molecule has 1 atom stereocenters. The van der Waals surface area contributed by atoms with Crippen molar-refractivity contribution >= 4 is 17.9 Å². The number of carbonyl (C=O) groups excluding carboxylic acids is 3. The van der Waals surface area contributed by atoms with Gasteiger partial charge < -0.3 is 14.2 Å². The van der Waals surface area contributed by atoms with Gasteiger partial charge in [-0.1, -0.05) is 225 Å². The number of ether oxygens (including phenoxy) is 3. The fraction of sp³-hybridized carbons (Fsp3) is 0.863. The van der Waals surface area contributed by atoms with Gasteiger partial charge in [-0.25, -0.2) is 0 Å². The minimum absolute atomic E-state index is 0.0726. The molecule has 0 aliphatic rings. The monoisotopic (exact) mass is 803 g/mol. The van der Waals surface area contributed by atoms with Crippen molar-refractivity contribution in [3.63, 3.8) is 0 Å². The van der Waals surface area contributed by atoms with Gasteiger partial charge in [-0.2, -0.15) is 0 Å². The third kappa shape index (κ3) is 44.8. The molecule has 0 aliphatic carbocycles. The summed E-state index contributed by atoms with van der Waals surface area (Å²) in [4.78, 5) is 37.8. The van der Waals surface area contributed by atoms with Crippen LogP contribution in [0.1, 0.15) is 265 Å². The summed E-state index contributed by atoms with van der Waals surface area (Å²) in [5.41, 5.74) is 0. The van der Waals surface area contributed by atoms with Crippen LogP contribution in [0.5, 0.6) is 0 Å². The molecule has 334 valence electrons. The molecule has 0 rings (SSSR count). The zero-order valence-electron chi connectivity index (χ0n) is 38.1. The molecule has 0 radical (unpaired) electrons. The number of allylic oxidation sites excluding steroid dienone is 4. The minimum Gasteiger partial charge on any atom is -0.462 e. The van der Waals surface area contributed by atoms with Gasteiger partial charge in [0.1, 0.15) is 13.2 Å². The minimum atomic E-state index is -0.771. The van der Waals surface area contributed by atoms with Gasteiger partial charge in [0.25, 0.3) is 0 Å². The van der Waals surface area contributed by atoms with Crippen LogP contribution in [0.3, 0.4) is 0 Å². The van der Waals surface area contributed by atoms with Crippen LogP contribution in [0.4, 0.5) is 0 Å². The standard InChI is InChI=1S/C51H94O6/c1-4-7-10-13-16-19-22-24-25-26-27-28-30-32-35-38-41-44-50(53)56-47-48(46-55-49(52)43-40-37-34-31-21-18-15-12-9-6-3)57-51(54)45-42-39-36-33-29-23-20-17-14-11-8-5-2/h8,11,17,20,48H,4-7,9-10,12-16,18-19,21-47H2,1-3H3/b11-8-,20-17-. The quantitative estimate of drug-likeness (QED) is 0.0264. The van der Waals surface area contributed by atoms with E-state index in [0.29, 0.717) is 19.3 Å². The molecule has 0 aliphatic heterocycles. The Morgan fingerprint density at radius 1 is 0.368 bits per heavy atom. The first kappa shape index (κ1) is 54.9. The average Bonchev–Trinajstić information content (AvgIpc) is 3.21. The van der Waals surface area contributed by atoms with Gasteiger partial charge in [-0.3, -0.25) is 14.4 Å². The summed E-state index contributed by atoms with van der Waals surface area (Å²) < 4.78 is 16.7. The second-order valence-corrected chi connectivity index (χ2v) is 16.7. The predicted octanol–water partition coefficient (Wildman–Crippen LogP) is 16.0. The number of unbranched alkanes of at least 4 members (excludes halogenated alkanes) is 30. The maximum absolute atomic E-state index is 12.7. The van der Waals surface area contributed by atoms with Crippen molar-refractivity contribution in [3.05, 3.63) is 24.3 Å². The van der Waals surface area contributed by atoms with Crippen molar-refractivity contribution in [1.82, 2.24) is 0 Å². The number of hydrogen-bond donors (Lipinski definition) is 0. The summed E-state index contributed by atoms with van der Waals surface area (Å²) >= 11 is 0. The second-order valence-electron chi connectivity index (χ2n) is 16.7. The number of hydrogen-bond acceptors (Lipinski definition) is 6. The second kappa shape index (κ2) is 46.6. The van der Waals surface area contributed by atoms with Crippen LogP contribution in [0, 0.1) is 0 Å². The normalized spacial score (nSPS) is 12.1. The predicted molar refractivity (Wildman–Crippen MR) is 243 cm³/mol. The lowest BCUT2D eigenvalue weighted by molar-refractivity contribution is -0.167. The molecule has 6 heteroatoms. The molecule has 0 saturated carbocycles. The Kier molecular flexibility index (Phi) is 44.9. The first-order chi connectivity index (χ1) is 28.0. The Bertz CT molecular complexity index is 927. The van der Waals surface area contributed by atoms with Crippen molar-refractivity contribution in [2.75, 3.05) is 13.2 Å². The highest BCUT2D eigenvalue weighted by atomic mass is 16.6. The summed E-state index contributed by atoms with van der Waals surface area (Å²) in [6.07, 6.45) is 51.6. The Balaban J connectivity index is 4.29. The van der Waals surface area contributed by atoms with E-state index in [4.69, 9.17) is 14.2 Å². The van der Waals surface area contributed by atoms with Crippen LogP contribution in [-0.4, -0.2) is 37.2 Å². The molecule has 6 nitrogen and oxygen atoms in total.